The van der Waals surface area contributed by atoms with Gasteiger partial charge >= 0.3 is 0 Å². The topological polar surface area (TPSA) is 32.3 Å². The Morgan fingerprint density at radius 1 is 1.43 bits per heavy atom. The zero-order valence-electron chi connectivity index (χ0n) is 8.87. The zero-order chi connectivity index (χ0) is 10.6. The zero-order valence-corrected chi connectivity index (χ0v) is 8.87. The minimum atomic E-state index is -0.0174. The van der Waals surface area contributed by atoms with E-state index in [9.17, 15) is 4.79 Å². The van der Waals surface area contributed by atoms with Gasteiger partial charge in [-0.05, 0) is 25.1 Å². The van der Waals surface area contributed by atoms with Gasteiger partial charge in [0.1, 0.15) is 0 Å². The van der Waals surface area contributed by atoms with Crippen molar-refractivity contribution in [1.29, 1.82) is 0 Å². The first-order chi connectivity index (χ1) is 6.65. The fourth-order valence-corrected chi connectivity index (χ4v) is 1.19. The normalized spacial score (nSPS) is 9.64. The number of nitrogens with one attached hydrogen (secondary N) is 1. The van der Waals surface area contributed by atoms with E-state index in [-0.39, 0.29) is 5.91 Å². The van der Waals surface area contributed by atoms with Gasteiger partial charge in [-0.25, -0.2) is 0 Å². The monoisotopic (exact) mass is 192 g/mol. The molecule has 0 saturated heterocycles. The molecule has 76 valence electrons. The molecule has 3 nitrogen and oxygen atoms in total. The Labute approximate surface area is 84.7 Å². The molecular formula is C11H16N2O. The molecule has 1 aromatic rings. The smallest absolute Gasteiger partial charge is 0.251 e. The van der Waals surface area contributed by atoms with Crippen LogP contribution >= 0.6 is 0 Å². The number of carbonyl (C=O) groups excluding carboxylic acids is 1. The Morgan fingerprint density at radius 2 is 2.14 bits per heavy atom. The van der Waals surface area contributed by atoms with Gasteiger partial charge in [-0.3, -0.25) is 4.79 Å². The molecule has 0 spiro atoms. The van der Waals surface area contributed by atoms with Crippen LogP contribution in [-0.4, -0.2) is 26.5 Å². The third-order valence-electron chi connectivity index (χ3n) is 1.96. The van der Waals surface area contributed by atoms with Gasteiger partial charge in [-0.2, -0.15) is 0 Å². The van der Waals surface area contributed by atoms with Crippen LogP contribution in [0.15, 0.2) is 24.3 Å². The highest BCUT2D eigenvalue weighted by molar-refractivity contribution is 5.95. The summed E-state index contributed by atoms with van der Waals surface area (Å²) in [6, 6.07) is 7.56. The van der Waals surface area contributed by atoms with Crippen molar-refractivity contribution in [2.24, 2.45) is 0 Å². The van der Waals surface area contributed by atoms with Gasteiger partial charge in [-0.1, -0.05) is 6.07 Å². The average Bonchev–Trinajstić information content (AvgIpc) is 2.18. The summed E-state index contributed by atoms with van der Waals surface area (Å²) in [7, 11) is 3.91. The van der Waals surface area contributed by atoms with Crippen molar-refractivity contribution in [3.63, 3.8) is 0 Å². The Kier molecular flexibility index (Phi) is 3.51. The summed E-state index contributed by atoms with van der Waals surface area (Å²) >= 11 is 0. The number of hydrogen-bond donors (Lipinski definition) is 1. The molecule has 0 fully saturated rings. The van der Waals surface area contributed by atoms with E-state index in [1.807, 2.05) is 50.2 Å². The number of nitrogens with zero attached hydrogens (tertiary/aromatic N) is 1. The van der Waals surface area contributed by atoms with Crippen molar-refractivity contribution in [1.82, 2.24) is 5.32 Å². The lowest BCUT2D eigenvalue weighted by Crippen LogP contribution is -2.22. The van der Waals surface area contributed by atoms with Gasteiger partial charge in [0.2, 0.25) is 0 Å². The minimum Gasteiger partial charge on any atom is -0.378 e. The van der Waals surface area contributed by atoms with E-state index in [1.165, 1.54) is 0 Å². The van der Waals surface area contributed by atoms with Gasteiger partial charge in [-0.15, -0.1) is 0 Å². The Bertz CT molecular complexity index is 321. The highest BCUT2D eigenvalue weighted by atomic mass is 16.1. The summed E-state index contributed by atoms with van der Waals surface area (Å²) in [4.78, 5) is 13.5. The average molecular weight is 192 g/mol. The second kappa shape index (κ2) is 4.65. The molecule has 1 N–H and O–H groups in total. The number of rotatable bonds is 3. The van der Waals surface area contributed by atoms with Gasteiger partial charge in [0.25, 0.3) is 5.91 Å². The molecule has 1 aromatic carbocycles. The van der Waals surface area contributed by atoms with Crippen molar-refractivity contribution >= 4 is 11.6 Å². The first kappa shape index (κ1) is 10.6. The standard InChI is InChI=1S/C11H16N2O/c1-4-12-11(14)9-6-5-7-10(8-9)13(2)3/h5-8H,4H2,1-3H3,(H,12,14). The van der Waals surface area contributed by atoms with E-state index >= 15 is 0 Å². The van der Waals surface area contributed by atoms with Crippen molar-refractivity contribution in [2.75, 3.05) is 25.5 Å². The number of carbonyl (C=O) groups is 1. The van der Waals surface area contributed by atoms with Crippen LogP contribution in [0.4, 0.5) is 5.69 Å². The number of hydrogen-bond acceptors (Lipinski definition) is 2. The molecule has 14 heavy (non-hydrogen) atoms. The minimum absolute atomic E-state index is 0.0174. The molecule has 0 aliphatic heterocycles. The molecule has 0 atom stereocenters. The predicted molar refractivity (Wildman–Crippen MR) is 58.8 cm³/mol. The first-order valence-electron chi connectivity index (χ1n) is 4.70. The molecule has 1 rings (SSSR count). The largest absolute Gasteiger partial charge is 0.378 e. The van der Waals surface area contributed by atoms with Crippen LogP contribution < -0.4 is 10.2 Å². The van der Waals surface area contributed by atoms with Crippen LogP contribution in [0.1, 0.15) is 17.3 Å². The first-order valence-corrected chi connectivity index (χ1v) is 4.70. The maximum atomic E-state index is 11.5. The van der Waals surface area contributed by atoms with Crippen LogP contribution in [0, 0.1) is 0 Å². The Hall–Kier alpha value is -1.51. The van der Waals surface area contributed by atoms with Gasteiger partial charge in [0.05, 0.1) is 0 Å². The molecule has 0 radical (unpaired) electrons. The molecule has 0 aliphatic rings. The van der Waals surface area contributed by atoms with E-state index < -0.39 is 0 Å². The lowest BCUT2D eigenvalue weighted by atomic mass is 10.2. The quantitative estimate of drug-likeness (QED) is 0.787. The lowest BCUT2D eigenvalue weighted by molar-refractivity contribution is 0.0956. The van der Waals surface area contributed by atoms with Crippen LogP contribution in [0.25, 0.3) is 0 Å². The number of benzene rings is 1. The Balaban J connectivity index is 2.88. The highest BCUT2D eigenvalue weighted by Crippen LogP contribution is 2.12. The molecule has 0 aromatic heterocycles. The van der Waals surface area contributed by atoms with Crippen molar-refractivity contribution in [3.05, 3.63) is 29.8 Å². The fraction of sp³-hybridized carbons (Fsp3) is 0.364. The summed E-state index contributed by atoms with van der Waals surface area (Å²) in [5.74, 6) is -0.0174. The lowest BCUT2D eigenvalue weighted by Gasteiger charge is -2.13. The van der Waals surface area contributed by atoms with Gasteiger partial charge in [0.15, 0.2) is 0 Å². The summed E-state index contributed by atoms with van der Waals surface area (Å²) < 4.78 is 0. The van der Waals surface area contributed by atoms with Crippen LogP contribution in [0.2, 0.25) is 0 Å². The third-order valence-corrected chi connectivity index (χ3v) is 1.96. The molecule has 0 saturated carbocycles. The van der Waals surface area contributed by atoms with Crippen molar-refractivity contribution in [2.45, 2.75) is 6.92 Å². The number of amides is 1. The van der Waals surface area contributed by atoms with E-state index in [1.54, 1.807) is 0 Å². The van der Waals surface area contributed by atoms with Crippen LogP contribution in [0.5, 0.6) is 0 Å². The second-order valence-electron chi connectivity index (χ2n) is 3.30. The summed E-state index contributed by atoms with van der Waals surface area (Å²) in [5, 5.41) is 2.77. The maximum absolute atomic E-state index is 11.5. The second-order valence-corrected chi connectivity index (χ2v) is 3.30. The summed E-state index contributed by atoms with van der Waals surface area (Å²) in [5.41, 5.74) is 1.74. The van der Waals surface area contributed by atoms with Crippen molar-refractivity contribution < 1.29 is 4.79 Å². The molecule has 0 heterocycles. The Morgan fingerprint density at radius 3 is 2.71 bits per heavy atom. The molecule has 0 unspecified atom stereocenters. The molecule has 0 aliphatic carbocycles. The van der Waals surface area contributed by atoms with Crippen LogP contribution in [0.3, 0.4) is 0 Å². The van der Waals surface area contributed by atoms with Gasteiger partial charge < -0.3 is 10.2 Å². The molecule has 1 amide bonds. The highest BCUT2D eigenvalue weighted by Gasteiger charge is 2.04. The molecule has 3 heteroatoms. The summed E-state index contributed by atoms with van der Waals surface area (Å²) in [6.07, 6.45) is 0. The molecular weight excluding hydrogens is 176 g/mol. The van der Waals surface area contributed by atoms with Crippen molar-refractivity contribution in [3.8, 4) is 0 Å². The predicted octanol–water partition coefficient (Wildman–Crippen LogP) is 1.50. The molecule has 0 bridgehead atoms. The SMILES string of the molecule is CCNC(=O)c1cccc(N(C)C)c1. The van der Waals surface area contributed by atoms with Crippen LogP contribution in [-0.2, 0) is 0 Å². The van der Waals surface area contributed by atoms with Gasteiger partial charge in [0, 0.05) is 31.9 Å². The third kappa shape index (κ3) is 2.49. The van der Waals surface area contributed by atoms with E-state index in [0.717, 1.165) is 5.69 Å². The maximum Gasteiger partial charge on any atom is 0.251 e. The summed E-state index contributed by atoms with van der Waals surface area (Å²) in [6.45, 7) is 2.57. The van der Waals surface area contributed by atoms with E-state index in [2.05, 4.69) is 5.32 Å². The van der Waals surface area contributed by atoms with E-state index in [0.29, 0.717) is 12.1 Å². The fourth-order valence-electron chi connectivity index (χ4n) is 1.19. The number of anilines is 1. The van der Waals surface area contributed by atoms with E-state index in [4.69, 9.17) is 0 Å².